The third-order valence-electron chi connectivity index (χ3n) is 5.37. The molecular formula is C24H30NOSiZr-. The summed E-state index contributed by atoms with van der Waals surface area (Å²) in [6, 6.07) is 19.1. The third kappa shape index (κ3) is 4.60. The van der Waals surface area contributed by atoms with E-state index >= 15 is 0 Å². The minimum absolute atomic E-state index is 0. The monoisotopic (exact) mass is 466 g/mol. The smallest absolute Gasteiger partial charge is 0.244 e. The second-order valence-electron chi connectivity index (χ2n) is 8.57. The molecule has 0 fully saturated rings. The Balaban J connectivity index is 0.00000280. The Morgan fingerprint density at radius 2 is 1.50 bits per heavy atom. The molecule has 0 spiro atoms. The zero-order valence-electron chi connectivity index (χ0n) is 17.8. The van der Waals surface area contributed by atoms with Crippen LogP contribution in [0.4, 0.5) is 0 Å². The van der Waals surface area contributed by atoms with Crippen molar-refractivity contribution < 1.29 is 31.0 Å². The molecule has 4 heteroatoms. The molecule has 0 heterocycles. The number of benzene rings is 2. The van der Waals surface area contributed by atoms with Crippen LogP contribution < -0.4 is 10.2 Å². The predicted molar refractivity (Wildman–Crippen MR) is 119 cm³/mol. The third-order valence-corrected chi connectivity index (χ3v) is 7.95. The average Bonchev–Trinajstić information content (AvgIpc) is 3.05. The van der Waals surface area contributed by atoms with Crippen LogP contribution in [0.3, 0.4) is 0 Å². The van der Waals surface area contributed by atoms with E-state index in [1.807, 2.05) is 0 Å². The first kappa shape index (κ1) is 22.9. The summed E-state index contributed by atoms with van der Waals surface area (Å²) in [6.45, 7) is 13.1. The molecule has 0 saturated carbocycles. The predicted octanol–water partition coefficient (Wildman–Crippen LogP) is 5.65. The van der Waals surface area contributed by atoms with Crippen molar-refractivity contribution in [3.63, 3.8) is 0 Å². The molecule has 1 N–H and O–H groups in total. The minimum atomic E-state index is -2.12. The van der Waals surface area contributed by atoms with E-state index in [9.17, 15) is 4.79 Å². The molecule has 0 unspecified atom stereocenters. The van der Waals surface area contributed by atoms with Crippen molar-refractivity contribution in [1.29, 1.82) is 0 Å². The van der Waals surface area contributed by atoms with E-state index in [1.54, 1.807) is 0 Å². The fraction of sp³-hybridized carbons (Fsp3) is 0.333. The molecule has 0 aliphatic heterocycles. The molecule has 0 bridgehead atoms. The molecule has 0 saturated heterocycles. The van der Waals surface area contributed by atoms with E-state index in [4.69, 9.17) is 0 Å². The van der Waals surface area contributed by atoms with Crippen LogP contribution >= 0.6 is 0 Å². The van der Waals surface area contributed by atoms with Crippen LogP contribution in [0.1, 0.15) is 61.0 Å². The van der Waals surface area contributed by atoms with Gasteiger partial charge >= 0.3 is 0 Å². The first-order chi connectivity index (χ1) is 12.7. The zero-order chi connectivity index (χ0) is 19.8. The summed E-state index contributed by atoms with van der Waals surface area (Å²) >= 11 is 0. The largest absolute Gasteiger partial charge is 0.375 e. The van der Waals surface area contributed by atoms with E-state index in [1.165, 1.54) is 16.0 Å². The second-order valence-corrected chi connectivity index (χ2v) is 12.7. The average molecular weight is 468 g/mol. The van der Waals surface area contributed by atoms with Gasteiger partial charge in [-0.15, -0.1) is 34.8 Å². The number of carbonyl (C=O) groups excluding carboxylic acids is 1. The fourth-order valence-corrected chi connectivity index (χ4v) is 5.61. The van der Waals surface area contributed by atoms with Crippen molar-refractivity contribution in [2.75, 3.05) is 0 Å². The quantitative estimate of drug-likeness (QED) is 0.381. The molecule has 0 aliphatic carbocycles. The Morgan fingerprint density at radius 1 is 0.929 bits per heavy atom. The zero-order valence-corrected chi connectivity index (χ0v) is 21.2. The number of rotatable bonds is 5. The van der Waals surface area contributed by atoms with Gasteiger partial charge < -0.3 is 4.98 Å². The van der Waals surface area contributed by atoms with Crippen LogP contribution in [0.15, 0.2) is 54.6 Å². The molecule has 0 atom stereocenters. The van der Waals surface area contributed by atoms with Gasteiger partial charge in [0.2, 0.25) is 5.91 Å². The number of hydrogen-bond donors (Lipinski definition) is 1. The molecule has 3 aromatic rings. The molecule has 2 nitrogen and oxygen atoms in total. The van der Waals surface area contributed by atoms with Gasteiger partial charge in [0.1, 0.15) is 0 Å². The summed E-state index contributed by atoms with van der Waals surface area (Å²) in [7, 11) is -2.12. The SMILES string of the molecule is CC(C)c1cccc(C(C)C)c1C(=O)N[Si](C)(C)c1cc2ccccc2[cH-]1.[Zr]. The summed E-state index contributed by atoms with van der Waals surface area (Å²) in [5, 5.41) is 3.76. The van der Waals surface area contributed by atoms with Crippen molar-refractivity contribution in [3.05, 3.63) is 71.3 Å². The number of amides is 1. The van der Waals surface area contributed by atoms with E-state index in [0.29, 0.717) is 11.8 Å². The molecule has 0 aromatic heterocycles. The van der Waals surface area contributed by atoms with Gasteiger partial charge in [-0.25, -0.2) is 0 Å². The van der Waals surface area contributed by atoms with Crippen molar-refractivity contribution in [3.8, 4) is 0 Å². The molecule has 28 heavy (non-hydrogen) atoms. The Labute approximate surface area is 189 Å². The molecule has 0 radical (unpaired) electrons. The molecule has 3 rings (SSSR count). The minimum Gasteiger partial charge on any atom is -0.375 e. The van der Waals surface area contributed by atoms with E-state index in [-0.39, 0.29) is 32.1 Å². The van der Waals surface area contributed by atoms with Crippen molar-refractivity contribution in [2.24, 2.45) is 0 Å². The van der Waals surface area contributed by atoms with Gasteiger partial charge in [0.15, 0.2) is 8.24 Å². The molecule has 146 valence electrons. The van der Waals surface area contributed by atoms with Gasteiger partial charge in [-0.3, -0.25) is 4.79 Å². The topological polar surface area (TPSA) is 29.1 Å². The maximum atomic E-state index is 13.4. The van der Waals surface area contributed by atoms with Crippen LogP contribution in [0.25, 0.3) is 10.8 Å². The standard InChI is InChI=1S/C24H30NOSi.Zr/c1-16(2)21-12-9-13-22(17(3)4)23(21)24(26)25-27(5,6)20-14-18-10-7-8-11-19(18)15-20;/h7-17H,1-6H3,(H,25,26);/q-1;. The number of fused-ring (bicyclic) bond motifs is 1. The van der Waals surface area contributed by atoms with Crippen molar-refractivity contribution in [1.82, 2.24) is 4.98 Å². The first-order valence-corrected chi connectivity index (χ1v) is 12.8. The fourth-order valence-electron chi connectivity index (χ4n) is 3.74. The number of hydrogen-bond acceptors (Lipinski definition) is 1. The van der Waals surface area contributed by atoms with Crippen molar-refractivity contribution >= 4 is 30.1 Å². The van der Waals surface area contributed by atoms with Crippen molar-refractivity contribution in [2.45, 2.75) is 52.6 Å². The van der Waals surface area contributed by atoms with Crippen LogP contribution in [0.2, 0.25) is 13.1 Å². The molecule has 1 amide bonds. The van der Waals surface area contributed by atoms with Gasteiger partial charge in [-0.05, 0) is 36.1 Å². The van der Waals surface area contributed by atoms with Gasteiger partial charge in [-0.1, -0.05) is 52.0 Å². The van der Waals surface area contributed by atoms with E-state index in [2.05, 4.69) is 100 Å². The maximum Gasteiger partial charge on any atom is 0.244 e. The van der Waals surface area contributed by atoms with Crippen LogP contribution in [0, 0.1) is 0 Å². The summed E-state index contributed by atoms with van der Waals surface area (Å²) in [5.74, 6) is 0.705. The van der Waals surface area contributed by atoms with Crippen LogP contribution in [-0.2, 0) is 26.2 Å². The maximum absolute atomic E-state index is 13.4. The Bertz CT molecular complexity index is 912. The van der Waals surface area contributed by atoms with Gasteiger partial charge in [0.25, 0.3) is 0 Å². The summed E-state index contributed by atoms with van der Waals surface area (Å²) in [6.07, 6.45) is 0. The van der Waals surface area contributed by atoms with Gasteiger partial charge in [0.05, 0.1) is 0 Å². The first-order valence-electron chi connectivity index (χ1n) is 9.82. The molecular weight excluding hydrogens is 438 g/mol. The number of nitrogens with one attached hydrogen (secondary N) is 1. The van der Waals surface area contributed by atoms with E-state index in [0.717, 1.165) is 16.7 Å². The Kier molecular flexibility index (Phi) is 7.33. The number of carbonyl (C=O) groups is 1. The Morgan fingerprint density at radius 3 is 2.04 bits per heavy atom. The summed E-state index contributed by atoms with van der Waals surface area (Å²) in [4.78, 5) is 16.9. The second kappa shape index (κ2) is 8.97. The summed E-state index contributed by atoms with van der Waals surface area (Å²) < 4.78 is 0. The van der Waals surface area contributed by atoms with E-state index < -0.39 is 8.24 Å². The Hall–Kier alpha value is -1.38. The van der Waals surface area contributed by atoms with Crippen LogP contribution in [-0.4, -0.2) is 14.1 Å². The normalized spacial score (nSPS) is 11.7. The van der Waals surface area contributed by atoms with Crippen LogP contribution in [0.5, 0.6) is 0 Å². The van der Waals surface area contributed by atoms with Gasteiger partial charge in [-0.2, -0.15) is 11.5 Å². The molecule has 3 aromatic carbocycles. The summed E-state index contributed by atoms with van der Waals surface area (Å²) in [5.41, 5.74) is 3.14. The van der Waals surface area contributed by atoms with Gasteiger partial charge in [0, 0.05) is 31.8 Å². The molecule has 0 aliphatic rings.